The second kappa shape index (κ2) is 7.22. The van der Waals surface area contributed by atoms with Crippen LogP contribution in [0.4, 0.5) is 0 Å². The summed E-state index contributed by atoms with van der Waals surface area (Å²) in [7, 11) is 1.61. The van der Waals surface area contributed by atoms with E-state index in [9.17, 15) is 9.59 Å². The molecule has 0 spiro atoms. The summed E-state index contributed by atoms with van der Waals surface area (Å²) >= 11 is 0. The van der Waals surface area contributed by atoms with Crippen molar-refractivity contribution >= 4 is 22.7 Å². The molecule has 0 saturated carbocycles. The number of nitrogens with one attached hydrogen (secondary N) is 2. The van der Waals surface area contributed by atoms with Crippen LogP contribution in [0, 0.1) is 0 Å². The van der Waals surface area contributed by atoms with Crippen LogP contribution in [0.1, 0.15) is 21.7 Å². The number of aromatic nitrogens is 3. The van der Waals surface area contributed by atoms with Crippen molar-refractivity contribution < 1.29 is 14.3 Å². The number of ether oxygens (including phenoxy) is 1. The van der Waals surface area contributed by atoms with Gasteiger partial charge in [0.25, 0.3) is 5.91 Å². The average Bonchev–Trinajstić information content (AvgIpc) is 3.34. The summed E-state index contributed by atoms with van der Waals surface area (Å²) in [5.41, 5.74) is 3.15. The minimum Gasteiger partial charge on any atom is -0.497 e. The van der Waals surface area contributed by atoms with Gasteiger partial charge in [-0.05, 0) is 24.3 Å². The lowest BCUT2D eigenvalue weighted by Crippen LogP contribution is -2.38. The zero-order valence-electron chi connectivity index (χ0n) is 15.6. The molecule has 4 rings (SSSR count). The molecule has 0 fully saturated rings. The van der Waals surface area contributed by atoms with Gasteiger partial charge in [0.1, 0.15) is 11.4 Å². The number of aromatic amines is 1. The van der Waals surface area contributed by atoms with E-state index in [2.05, 4.69) is 22.0 Å². The first kappa shape index (κ1) is 17.8. The molecule has 1 aromatic carbocycles. The quantitative estimate of drug-likeness (QED) is 0.662. The van der Waals surface area contributed by atoms with Crippen molar-refractivity contribution in [2.24, 2.45) is 0 Å². The molecule has 144 valence electrons. The molecule has 0 bridgehead atoms. The Balaban J connectivity index is 1.47. The maximum atomic E-state index is 12.6. The number of amides is 2. The average molecular weight is 379 g/mol. The molecular weight excluding hydrogens is 358 g/mol. The first-order valence-electron chi connectivity index (χ1n) is 8.99. The number of hydrogen-bond donors (Lipinski definition) is 2. The third kappa shape index (κ3) is 3.24. The van der Waals surface area contributed by atoms with Gasteiger partial charge < -0.3 is 19.9 Å². The Morgan fingerprint density at radius 2 is 2.21 bits per heavy atom. The highest BCUT2D eigenvalue weighted by Gasteiger charge is 2.22. The van der Waals surface area contributed by atoms with Crippen molar-refractivity contribution in [2.45, 2.75) is 19.6 Å². The number of carbonyl (C=O) groups excluding carboxylic acids is 2. The molecule has 0 saturated heterocycles. The molecular formula is C20H21N5O3. The van der Waals surface area contributed by atoms with Gasteiger partial charge in [0.2, 0.25) is 5.91 Å². The van der Waals surface area contributed by atoms with Crippen LogP contribution in [0.3, 0.4) is 0 Å². The maximum absolute atomic E-state index is 12.6. The lowest BCUT2D eigenvalue weighted by Gasteiger charge is -2.27. The highest BCUT2D eigenvalue weighted by molar-refractivity contribution is 5.98. The predicted molar refractivity (Wildman–Crippen MR) is 104 cm³/mol. The van der Waals surface area contributed by atoms with Crippen molar-refractivity contribution in [1.82, 2.24) is 25.0 Å². The smallest absolute Gasteiger partial charge is 0.267 e. The van der Waals surface area contributed by atoms with Crippen LogP contribution in [0.25, 0.3) is 10.9 Å². The van der Waals surface area contributed by atoms with Gasteiger partial charge in [-0.1, -0.05) is 6.58 Å². The minimum absolute atomic E-state index is 0.101. The van der Waals surface area contributed by atoms with Gasteiger partial charge in [-0.25, -0.2) is 0 Å². The number of hydrogen-bond acceptors (Lipinski definition) is 4. The number of carbonyl (C=O) groups is 2. The van der Waals surface area contributed by atoms with Gasteiger partial charge in [0.05, 0.1) is 32.1 Å². The molecule has 3 aromatic rings. The van der Waals surface area contributed by atoms with Crippen LogP contribution >= 0.6 is 0 Å². The zero-order valence-corrected chi connectivity index (χ0v) is 15.6. The third-order valence-corrected chi connectivity index (χ3v) is 4.96. The molecule has 2 amide bonds. The number of methoxy groups -OCH3 is 1. The molecule has 28 heavy (non-hydrogen) atoms. The van der Waals surface area contributed by atoms with Crippen LogP contribution in [0.2, 0.25) is 0 Å². The molecule has 0 unspecified atom stereocenters. The first-order chi connectivity index (χ1) is 13.6. The second-order valence-electron chi connectivity index (χ2n) is 6.62. The number of H-pyrrole nitrogens is 1. The van der Waals surface area contributed by atoms with Crippen molar-refractivity contribution in [3.05, 3.63) is 60.1 Å². The molecule has 0 radical (unpaired) electrons. The standard InChI is InChI=1S/C20H21N5O3/c1-3-19(26)24-6-7-25-18(12-24)14(11-22-25)10-21-20(27)17-8-13-4-5-15(28-2)9-16(13)23-17/h3-5,8-9,11,23H,1,6-7,10,12H2,2H3,(H,21,27). The highest BCUT2D eigenvalue weighted by atomic mass is 16.5. The lowest BCUT2D eigenvalue weighted by atomic mass is 10.2. The largest absolute Gasteiger partial charge is 0.497 e. The van der Waals surface area contributed by atoms with E-state index in [0.717, 1.165) is 27.9 Å². The fourth-order valence-electron chi connectivity index (χ4n) is 3.39. The summed E-state index contributed by atoms with van der Waals surface area (Å²) < 4.78 is 7.09. The summed E-state index contributed by atoms with van der Waals surface area (Å²) in [6.07, 6.45) is 3.06. The summed E-state index contributed by atoms with van der Waals surface area (Å²) in [5.74, 6) is 0.423. The Hall–Kier alpha value is -3.55. The van der Waals surface area contributed by atoms with Crippen LogP contribution in [0.15, 0.2) is 43.1 Å². The number of fused-ring (bicyclic) bond motifs is 2. The van der Waals surface area contributed by atoms with E-state index < -0.39 is 0 Å². The van der Waals surface area contributed by atoms with Crippen LogP contribution in [-0.2, 0) is 24.4 Å². The Morgan fingerprint density at radius 3 is 3.00 bits per heavy atom. The Labute approximate surface area is 161 Å². The fraction of sp³-hybridized carbons (Fsp3) is 0.250. The minimum atomic E-state index is -0.204. The molecule has 2 N–H and O–H groups in total. The first-order valence-corrected chi connectivity index (χ1v) is 8.99. The van der Waals surface area contributed by atoms with E-state index in [1.165, 1.54) is 6.08 Å². The van der Waals surface area contributed by atoms with E-state index in [1.54, 1.807) is 18.2 Å². The Morgan fingerprint density at radius 1 is 1.36 bits per heavy atom. The number of nitrogens with zero attached hydrogens (tertiary/aromatic N) is 3. The van der Waals surface area contributed by atoms with Gasteiger partial charge in [-0.3, -0.25) is 14.3 Å². The molecule has 1 aliphatic rings. The second-order valence-corrected chi connectivity index (χ2v) is 6.62. The molecule has 0 atom stereocenters. The van der Waals surface area contributed by atoms with Gasteiger partial charge in [0.15, 0.2) is 0 Å². The number of rotatable bonds is 5. The Bertz CT molecular complexity index is 1070. The van der Waals surface area contributed by atoms with Gasteiger partial charge in [-0.2, -0.15) is 5.10 Å². The van der Waals surface area contributed by atoms with Gasteiger partial charge >= 0.3 is 0 Å². The zero-order chi connectivity index (χ0) is 19.7. The SMILES string of the molecule is C=CC(=O)N1CCn2ncc(CNC(=O)c3cc4ccc(OC)cc4[nH]3)c2C1. The molecule has 8 heteroatoms. The van der Waals surface area contributed by atoms with Crippen molar-refractivity contribution in [1.29, 1.82) is 0 Å². The molecule has 2 aromatic heterocycles. The Kier molecular flexibility index (Phi) is 4.60. The molecule has 1 aliphatic heterocycles. The molecule has 8 nitrogen and oxygen atoms in total. The van der Waals surface area contributed by atoms with Crippen LogP contribution in [0.5, 0.6) is 5.75 Å². The van der Waals surface area contributed by atoms with Gasteiger partial charge in [-0.15, -0.1) is 0 Å². The van der Waals surface area contributed by atoms with Crippen molar-refractivity contribution in [3.63, 3.8) is 0 Å². The van der Waals surface area contributed by atoms with E-state index in [0.29, 0.717) is 31.9 Å². The summed E-state index contributed by atoms with van der Waals surface area (Å²) in [4.78, 5) is 29.3. The highest BCUT2D eigenvalue weighted by Crippen LogP contribution is 2.21. The van der Waals surface area contributed by atoms with Crippen molar-refractivity contribution in [2.75, 3.05) is 13.7 Å². The normalized spacial score (nSPS) is 13.2. The van der Waals surface area contributed by atoms with E-state index in [1.807, 2.05) is 28.9 Å². The topological polar surface area (TPSA) is 92.2 Å². The van der Waals surface area contributed by atoms with E-state index >= 15 is 0 Å². The molecule has 0 aliphatic carbocycles. The molecule has 3 heterocycles. The van der Waals surface area contributed by atoms with Crippen LogP contribution < -0.4 is 10.1 Å². The van der Waals surface area contributed by atoms with Crippen LogP contribution in [-0.4, -0.2) is 45.1 Å². The fourth-order valence-corrected chi connectivity index (χ4v) is 3.39. The number of benzene rings is 1. The predicted octanol–water partition coefficient (Wildman–Crippen LogP) is 1.83. The van der Waals surface area contributed by atoms with Gasteiger partial charge in [0, 0.05) is 35.6 Å². The third-order valence-electron chi connectivity index (χ3n) is 4.96. The van der Waals surface area contributed by atoms with E-state index in [4.69, 9.17) is 4.74 Å². The summed E-state index contributed by atoms with van der Waals surface area (Å²) in [6, 6.07) is 7.42. The van der Waals surface area contributed by atoms with Crippen molar-refractivity contribution in [3.8, 4) is 5.75 Å². The van der Waals surface area contributed by atoms with E-state index in [-0.39, 0.29) is 11.8 Å². The summed E-state index contributed by atoms with van der Waals surface area (Å²) in [6.45, 7) is 5.57. The maximum Gasteiger partial charge on any atom is 0.267 e. The monoisotopic (exact) mass is 379 g/mol. The lowest BCUT2D eigenvalue weighted by molar-refractivity contribution is -0.127. The summed E-state index contributed by atoms with van der Waals surface area (Å²) in [5, 5.41) is 8.22.